The molecule has 2 aromatic carbocycles. The van der Waals surface area contributed by atoms with E-state index in [1.807, 2.05) is 30.3 Å². The number of nitrogens with one attached hydrogen (secondary N) is 1. The maximum atomic E-state index is 13.5. The average molecular weight is 288 g/mol. The molecule has 0 heterocycles. The van der Waals surface area contributed by atoms with Crippen molar-refractivity contribution in [2.75, 3.05) is 12.4 Å². The molecule has 0 saturated heterocycles. The average Bonchev–Trinajstić information content (AvgIpc) is 2.48. The van der Waals surface area contributed by atoms with Crippen molar-refractivity contribution in [3.05, 3.63) is 59.9 Å². The highest BCUT2D eigenvalue weighted by Crippen LogP contribution is 2.20. The maximum Gasteiger partial charge on any atom is 0.241 e. The van der Waals surface area contributed by atoms with Crippen LogP contribution in [0.25, 0.3) is 0 Å². The van der Waals surface area contributed by atoms with Crippen LogP contribution in [-0.2, 0) is 11.2 Å². The van der Waals surface area contributed by atoms with Gasteiger partial charge in [0.2, 0.25) is 5.91 Å². The fraction of sp³-hybridized carbons (Fsp3) is 0.188. The highest BCUT2D eigenvalue weighted by Gasteiger charge is 2.15. The summed E-state index contributed by atoms with van der Waals surface area (Å²) in [4.78, 5) is 12.0. The van der Waals surface area contributed by atoms with Crippen LogP contribution in [0.5, 0.6) is 5.75 Å². The van der Waals surface area contributed by atoms with Crippen molar-refractivity contribution in [2.45, 2.75) is 12.5 Å². The third-order valence-corrected chi connectivity index (χ3v) is 3.05. The molecule has 0 aromatic heterocycles. The Kier molecular flexibility index (Phi) is 4.90. The predicted molar refractivity (Wildman–Crippen MR) is 79.7 cm³/mol. The van der Waals surface area contributed by atoms with Crippen LogP contribution in [0, 0.1) is 5.82 Å². The fourth-order valence-electron chi connectivity index (χ4n) is 1.94. The van der Waals surface area contributed by atoms with Crippen molar-refractivity contribution in [3.63, 3.8) is 0 Å². The van der Waals surface area contributed by atoms with Crippen LogP contribution in [-0.4, -0.2) is 19.1 Å². The number of hydrogen-bond acceptors (Lipinski definition) is 3. The summed E-state index contributed by atoms with van der Waals surface area (Å²) < 4.78 is 18.4. The maximum absolute atomic E-state index is 13.5. The van der Waals surface area contributed by atoms with Crippen LogP contribution >= 0.6 is 0 Å². The lowest BCUT2D eigenvalue weighted by molar-refractivity contribution is -0.117. The molecule has 0 spiro atoms. The van der Waals surface area contributed by atoms with E-state index >= 15 is 0 Å². The molecule has 1 amide bonds. The lowest BCUT2D eigenvalue weighted by Crippen LogP contribution is -2.37. The summed E-state index contributed by atoms with van der Waals surface area (Å²) in [5.74, 6) is -0.767. The Balaban J connectivity index is 1.99. The minimum Gasteiger partial charge on any atom is -0.494 e. The highest BCUT2D eigenvalue weighted by molar-refractivity contribution is 5.94. The quantitative estimate of drug-likeness (QED) is 0.887. The molecule has 0 unspecified atom stereocenters. The third kappa shape index (κ3) is 4.03. The first-order valence-corrected chi connectivity index (χ1v) is 6.54. The molecule has 4 nitrogen and oxygen atoms in total. The summed E-state index contributed by atoms with van der Waals surface area (Å²) in [6, 6.07) is 13.0. The fourth-order valence-corrected chi connectivity index (χ4v) is 1.94. The zero-order chi connectivity index (χ0) is 15.2. The number of hydrogen-bond donors (Lipinski definition) is 2. The number of ether oxygens (including phenoxy) is 1. The molecule has 5 heteroatoms. The van der Waals surface area contributed by atoms with Gasteiger partial charge in [0.1, 0.15) is 0 Å². The smallest absolute Gasteiger partial charge is 0.241 e. The molecule has 1 atom stereocenters. The van der Waals surface area contributed by atoms with E-state index in [4.69, 9.17) is 10.5 Å². The predicted octanol–water partition coefficient (Wildman–Crippen LogP) is 2.34. The van der Waals surface area contributed by atoms with E-state index in [-0.39, 0.29) is 11.7 Å². The first-order chi connectivity index (χ1) is 10.1. The van der Waals surface area contributed by atoms with Gasteiger partial charge in [-0.3, -0.25) is 4.79 Å². The number of carbonyl (C=O) groups is 1. The van der Waals surface area contributed by atoms with Crippen molar-refractivity contribution in [2.24, 2.45) is 5.73 Å². The Labute approximate surface area is 122 Å². The van der Waals surface area contributed by atoms with Gasteiger partial charge in [0.25, 0.3) is 0 Å². The van der Waals surface area contributed by atoms with Crippen molar-refractivity contribution >= 4 is 11.6 Å². The molecule has 0 bridgehead atoms. The monoisotopic (exact) mass is 288 g/mol. The summed E-state index contributed by atoms with van der Waals surface area (Å²) in [5, 5.41) is 2.59. The molecular formula is C16H17FN2O2. The van der Waals surface area contributed by atoms with Gasteiger partial charge < -0.3 is 15.8 Å². The zero-order valence-corrected chi connectivity index (χ0v) is 11.7. The second kappa shape index (κ2) is 6.85. The van der Waals surface area contributed by atoms with Crippen molar-refractivity contribution < 1.29 is 13.9 Å². The third-order valence-electron chi connectivity index (χ3n) is 3.05. The van der Waals surface area contributed by atoms with Gasteiger partial charge >= 0.3 is 0 Å². The molecule has 0 fully saturated rings. The first-order valence-electron chi connectivity index (χ1n) is 6.54. The lowest BCUT2D eigenvalue weighted by atomic mass is 10.1. The number of methoxy groups -OCH3 is 1. The van der Waals surface area contributed by atoms with Crippen LogP contribution in [0.1, 0.15) is 5.56 Å². The van der Waals surface area contributed by atoms with E-state index in [9.17, 15) is 9.18 Å². The van der Waals surface area contributed by atoms with Gasteiger partial charge in [0.05, 0.1) is 13.2 Å². The zero-order valence-electron chi connectivity index (χ0n) is 11.7. The lowest BCUT2D eigenvalue weighted by Gasteiger charge is -2.13. The Morgan fingerprint density at radius 3 is 2.62 bits per heavy atom. The van der Waals surface area contributed by atoms with Crippen LogP contribution in [0.15, 0.2) is 48.5 Å². The molecular weight excluding hydrogens is 271 g/mol. The van der Waals surface area contributed by atoms with Crippen LogP contribution in [0.3, 0.4) is 0 Å². The van der Waals surface area contributed by atoms with E-state index in [0.29, 0.717) is 12.1 Å². The van der Waals surface area contributed by atoms with Gasteiger partial charge in [-0.25, -0.2) is 4.39 Å². The van der Waals surface area contributed by atoms with Gasteiger partial charge in [-0.05, 0) is 24.1 Å². The molecule has 2 rings (SSSR count). The van der Waals surface area contributed by atoms with E-state index in [1.165, 1.54) is 19.2 Å². The number of amides is 1. The molecule has 110 valence electrons. The second-order valence-electron chi connectivity index (χ2n) is 4.63. The van der Waals surface area contributed by atoms with Gasteiger partial charge in [0, 0.05) is 11.8 Å². The van der Waals surface area contributed by atoms with Crippen molar-refractivity contribution in [1.82, 2.24) is 0 Å². The molecule has 0 saturated carbocycles. The van der Waals surface area contributed by atoms with Crippen molar-refractivity contribution in [3.8, 4) is 5.75 Å². The van der Waals surface area contributed by atoms with E-state index in [1.54, 1.807) is 6.07 Å². The van der Waals surface area contributed by atoms with Gasteiger partial charge in [-0.1, -0.05) is 30.3 Å². The number of halogens is 1. The van der Waals surface area contributed by atoms with Crippen LogP contribution in [0.2, 0.25) is 0 Å². The van der Waals surface area contributed by atoms with Crippen molar-refractivity contribution in [1.29, 1.82) is 0 Å². The largest absolute Gasteiger partial charge is 0.494 e. The van der Waals surface area contributed by atoms with Gasteiger partial charge in [0.15, 0.2) is 11.6 Å². The number of anilines is 1. The Hall–Kier alpha value is -2.40. The summed E-state index contributed by atoms with van der Waals surface area (Å²) in [6.07, 6.45) is 0.422. The Morgan fingerprint density at radius 1 is 1.29 bits per heavy atom. The second-order valence-corrected chi connectivity index (χ2v) is 4.63. The summed E-state index contributed by atoms with van der Waals surface area (Å²) >= 11 is 0. The highest BCUT2D eigenvalue weighted by atomic mass is 19.1. The summed E-state index contributed by atoms with van der Waals surface area (Å²) in [7, 11) is 1.38. The number of carbonyl (C=O) groups excluding carboxylic acids is 1. The van der Waals surface area contributed by atoms with Gasteiger partial charge in [-0.15, -0.1) is 0 Å². The Bertz CT molecular complexity index is 617. The number of nitrogens with two attached hydrogens (primary N) is 1. The van der Waals surface area contributed by atoms with Crippen LogP contribution < -0.4 is 15.8 Å². The SMILES string of the molecule is COc1ccc(NC(=O)[C@@H](N)Cc2ccccc2)cc1F. The first kappa shape index (κ1) is 15.0. The van der Waals surface area contributed by atoms with E-state index < -0.39 is 11.9 Å². The van der Waals surface area contributed by atoms with E-state index in [2.05, 4.69) is 5.32 Å². The Morgan fingerprint density at radius 2 is 2.00 bits per heavy atom. The normalized spacial score (nSPS) is 11.8. The van der Waals surface area contributed by atoms with E-state index in [0.717, 1.165) is 5.56 Å². The molecule has 0 aliphatic heterocycles. The minimum absolute atomic E-state index is 0.126. The van der Waals surface area contributed by atoms with Gasteiger partial charge in [-0.2, -0.15) is 0 Å². The molecule has 0 radical (unpaired) electrons. The molecule has 0 aliphatic rings. The molecule has 2 aromatic rings. The molecule has 3 N–H and O–H groups in total. The van der Waals surface area contributed by atoms with Crippen LogP contribution in [0.4, 0.5) is 10.1 Å². The summed E-state index contributed by atoms with van der Waals surface area (Å²) in [5.41, 5.74) is 7.18. The minimum atomic E-state index is -0.697. The topological polar surface area (TPSA) is 64.3 Å². The number of benzene rings is 2. The standard InChI is InChI=1S/C16H17FN2O2/c1-21-15-8-7-12(10-13(15)17)19-16(20)14(18)9-11-5-3-2-4-6-11/h2-8,10,14H,9,18H2,1H3,(H,19,20)/t14-/m0/s1. The molecule has 21 heavy (non-hydrogen) atoms. The molecule has 0 aliphatic carbocycles. The summed E-state index contributed by atoms with van der Waals surface area (Å²) in [6.45, 7) is 0. The number of rotatable bonds is 5.